The van der Waals surface area contributed by atoms with Gasteiger partial charge in [-0.1, -0.05) is 38.3 Å². The van der Waals surface area contributed by atoms with Crippen molar-refractivity contribution in [2.45, 2.75) is 77.4 Å². The second kappa shape index (κ2) is 9.57. The van der Waals surface area contributed by atoms with Gasteiger partial charge in [-0.25, -0.2) is 0 Å². The maximum absolute atomic E-state index is 5.82. The fourth-order valence-corrected chi connectivity index (χ4v) is 2.55. The zero-order valence-corrected chi connectivity index (χ0v) is 12.3. The average molecular weight is 253 g/mol. The molecule has 0 atom stereocenters. The largest absolute Gasteiger partial charge is 0.374 e. The molecule has 0 radical (unpaired) electrons. The molecule has 0 bridgehead atoms. The van der Waals surface area contributed by atoms with E-state index in [0.717, 1.165) is 18.2 Å². The van der Waals surface area contributed by atoms with Crippen molar-refractivity contribution in [3.05, 3.63) is 12.2 Å². The number of nitrogens with one attached hydrogen (secondary N) is 1. The Balaban J connectivity index is 1.99. The first kappa shape index (κ1) is 15.7. The lowest BCUT2D eigenvalue weighted by Crippen LogP contribution is -2.36. The zero-order chi connectivity index (χ0) is 13.2. The third-order valence-corrected chi connectivity index (χ3v) is 3.70. The van der Waals surface area contributed by atoms with Crippen LogP contribution in [0.2, 0.25) is 0 Å². The minimum absolute atomic E-state index is 0.472. The first-order chi connectivity index (χ1) is 8.72. The van der Waals surface area contributed by atoms with Crippen LogP contribution >= 0.6 is 0 Å². The van der Waals surface area contributed by atoms with Crippen molar-refractivity contribution in [1.29, 1.82) is 0 Å². The van der Waals surface area contributed by atoms with Crippen LogP contribution in [0.4, 0.5) is 0 Å². The molecular formula is C16H31NO. The molecule has 2 nitrogen and oxygen atoms in total. The van der Waals surface area contributed by atoms with Crippen LogP contribution in [0.25, 0.3) is 0 Å². The molecule has 1 fully saturated rings. The summed E-state index contributed by atoms with van der Waals surface area (Å²) in [6.45, 7) is 10.1. The molecule has 0 saturated heterocycles. The van der Waals surface area contributed by atoms with E-state index in [1.54, 1.807) is 0 Å². The number of ether oxygens (including phenoxy) is 1. The Hall–Kier alpha value is -0.340. The highest BCUT2D eigenvalue weighted by Crippen LogP contribution is 2.21. The summed E-state index contributed by atoms with van der Waals surface area (Å²) in [5.74, 6) is 0. The monoisotopic (exact) mass is 253 g/mol. The Kier molecular flexibility index (Phi) is 8.36. The topological polar surface area (TPSA) is 21.3 Å². The van der Waals surface area contributed by atoms with Crippen LogP contribution in [-0.4, -0.2) is 25.3 Å². The third-order valence-electron chi connectivity index (χ3n) is 3.70. The van der Waals surface area contributed by atoms with Gasteiger partial charge in [-0.15, -0.1) is 0 Å². The Morgan fingerprint density at radius 2 is 1.89 bits per heavy atom. The molecule has 0 aliphatic heterocycles. The van der Waals surface area contributed by atoms with Crippen LogP contribution in [0.5, 0.6) is 0 Å². The lowest BCUT2D eigenvalue weighted by atomic mass is 9.93. The first-order valence-electron chi connectivity index (χ1n) is 7.71. The van der Waals surface area contributed by atoms with E-state index in [1.165, 1.54) is 57.9 Å². The third kappa shape index (κ3) is 7.17. The molecule has 0 amide bonds. The maximum atomic E-state index is 5.82. The van der Waals surface area contributed by atoms with E-state index in [4.69, 9.17) is 4.74 Å². The highest BCUT2D eigenvalue weighted by atomic mass is 16.5. The molecule has 106 valence electrons. The normalized spacial score (nSPS) is 24.1. The number of hydrogen-bond donors (Lipinski definition) is 1. The molecule has 0 aromatic carbocycles. The molecule has 0 aromatic rings. The predicted molar refractivity (Wildman–Crippen MR) is 79.0 cm³/mol. The summed E-state index contributed by atoms with van der Waals surface area (Å²) in [7, 11) is 0. The standard InChI is InChI=1S/C16H31NO/c1-4-5-6-7-12-17-15-8-10-16(11-9-15)18-13-14(2)3/h15-17H,2,4-13H2,1,3H3. The predicted octanol–water partition coefficient (Wildman–Crippen LogP) is 4.06. The highest BCUT2D eigenvalue weighted by molar-refractivity contribution is 4.88. The van der Waals surface area contributed by atoms with Crippen molar-refractivity contribution in [2.24, 2.45) is 0 Å². The van der Waals surface area contributed by atoms with Gasteiger partial charge in [-0.05, 0) is 45.6 Å². The van der Waals surface area contributed by atoms with E-state index < -0.39 is 0 Å². The fraction of sp³-hybridized carbons (Fsp3) is 0.875. The van der Waals surface area contributed by atoms with E-state index >= 15 is 0 Å². The zero-order valence-electron chi connectivity index (χ0n) is 12.3. The van der Waals surface area contributed by atoms with Gasteiger partial charge >= 0.3 is 0 Å². The smallest absolute Gasteiger partial charge is 0.0675 e. The van der Waals surface area contributed by atoms with Gasteiger partial charge in [0.1, 0.15) is 0 Å². The van der Waals surface area contributed by atoms with Gasteiger partial charge in [-0.2, -0.15) is 0 Å². The van der Waals surface area contributed by atoms with Gasteiger partial charge < -0.3 is 10.1 Å². The average Bonchev–Trinajstić information content (AvgIpc) is 2.37. The second-order valence-corrected chi connectivity index (χ2v) is 5.76. The van der Waals surface area contributed by atoms with Gasteiger partial charge in [0.25, 0.3) is 0 Å². The summed E-state index contributed by atoms with van der Waals surface area (Å²) in [5, 5.41) is 3.69. The van der Waals surface area contributed by atoms with Crippen LogP contribution in [0.1, 0.15) is 65.2 Å². The summed E-state index contributed by atoms with van der Waals surface area (Å²) < 4.78 is 5.82. The van der Waals surface area contributed by atoms with Crippen LogP contribution < -0.4 is 5.32 Å². The van der Waals surface area contributed by atoms with Crippen LogP contribution in [0, 0.1) is 0 Å². The minimum atomic E-state index is 0.472. The fourth-order valence-electron chi connectivity index (χ4n) is 2.55. The van der Waals surface area contributed by atoms with E-state index in [-0.39, 0.29) is 0 Å². The first-order valence-corrected chi connectivity index (χ1v) is 7.71. The Bertz CT molecular complexity index is 219. The SMILES string of the molecule is C=C(C)COC1CCC(NCCCCCC)CC1. The quantitative estimate of drug-likeness (QED) is 0.494. The molecular weight excluding hydrogens is 222 g/mol. The van der Waals surface area contributed by atoms with Crippen LogP contribution in [0.15, 0.2) is 12.2 Å². The number of rotatable bonds is 9. The summed E-state index contributed by atoms with van der Waals surface area (Å²) in [4.78, 5) is 0. The van der Waals surface area contributed by atoms with Crippen molar-refractivity contribution in [3.63, 3.8) is 0 Å². The molecule has 2 heteroatoms. The molecule has 0 spiro atoms. The Morgan fingerprint density at radius 1 is 1.17 bits per heavy atom. The van der Waals surface area contributed by atoms with Gasteiger partial charge in [0, 0.05) is 6.04 Å². The molecule has 1 saturated carbocycles. The van der Waals surface area contributed by atoms with Gasteiger partial charge in [0.15, 0.2) is 0 Å². The van der Waals surface area contributed by atoms with Gasteiger partial charge in [0.2, 0.25) is 0 Å². The summed E-state index contributed by atoms with van der Waals surface area (Å²) in [5.41, 5.74) is 1.13. The second-order valence-electron chi connectivity index (χ2n) is 5.76. The molecule has 1 rings (SSSR count). The number of hydrogen-bond acceptors (Lipinski definition) is 2. The molecule has 0 unspecified atom stereocenters. The van der Waals surface area contributed by atoms with Crippen molar-refractivity contribution in [3.8, 4) is 0 Å². The van der Waals surface area contributed by atoms with E-state index in [1.807, 2.05) is 6.92 Å². The van der Waals surface area contributed by atoms with E-state index in [2.05, 4.69) is 18.8 Å². The summed E-state index contributed by atoms with van der Waals surface area (Å²) in [6, 6.07) is 0.733. The lowest BCUT2D eigenvalue weighted by molar-refractivity contribution is 0.0361. The van der Waals surface area contributed by atoms with Crippen molar-refractivity contribution in [1.82, 2.24) is 5.32 Å². The number of unbranched alkanes of at least 4 members (excludes halogenated alkanes) is 3. The van der Waals surface area contributed by atoms with Gasteiger partial charge in [-0.3, -0.25) is 0 Å². The molecule has 0 heterocycles. The lowest BCUT2D eigenvalue weighted by Gasteiger charge is -2.29. The molecule has 18 heavy (non-hydrogen) atoms. The van der Waals surface area contributed by atoms with Crippen molar-refractivity contribution < 1.29 is 4.74 Å². The molecule has 1 aliphatic rings. The Morgan fingerprint density at radius 3 is 2.50 bits per heavy atom. The molecule has 1 N–H and O–H groups in total. The maximum Gasteiger partial charge on any atom is 0.0675 e. The summed E-state index contributed by atoms with van der Waals surface area (Å²) >= 11 is 0. The Labute approximate surface area is 113 Å². The molecule has 1 aliphatic carbocycles. The van der Waals surface area contributed by atoms with Crippen molar-refractivity contribution >= 4 is 0 Å². The molecule has 0 aromatic heterocycles. The van der Waals surface area contributed by atoms with Crippen LogP contribution in [-0.2, 0) is 4.74 Å². The minimum Gasteiger partial charge on any atom is -0.374 e. The van der Waals surface area contributed by atoms with Gasteiger partial charge in [0.05, 0.1) is 12.7 Å². The van der Waals surface area contributed by atoms with E-state index in [9.17, 15) is 0 Å². The van der Waals surface area contributed by atoms with Crippen molar-refractivity contribution in [2.75, 3.05) is 13.2 Å². The van der Waals surface area contributed by atoms with Crippen LogP contribution in [0.3, 0.4) is 0 Å². The highest BCUT2D eigenvalue weighted by Gasteiger charge is 2.20. The summed E-state index contributed by atoms with van der Waals surface area (Å²) in [6.07, 6.45) is 10.8. The van der Waals surface area contributed by atoms with E-state index in [0.29, 0.717) is 6.10 Å².